The van der Waals surface area contributed by atoms with Gasteiger partial charge in [-0.05, 0) is 50.4 Å². The number of imidazole rings is 1. The van der Waals surface area contributed by atoms with Crippen molar-refractivity contribution < 1.29 is 0 Å². The van der Waals surface area contributed by atoms with Crippen molar-refractivity contribution in [1.82, 2.24) is 15.3 Å². The van der Waals surface area contributed by atoms with Crippen molar-refractivity contribution in [2.75, 3.05) is 13.1 Å². The lowest BCUT2D eigenvalue weighted by Crippen LogP contribution is -2.29. The highest BCUT2D eigenvalue weighted by molar-refractivity contribution is 6.42. The molecule has 0 saturated carbocycles. The van der Waals surface area contributed by atoms with Crippen LogP contribution < -0.4 is 5.32 Å². The minimum absolute atomic E-state index is 0.559. The van der Waals surface area contributed by atoms with Crippen molar-refractivity contribution in [3.05, 3.63) is 28.0 Å². The summed E-state index contributed by atoms with van der Waals surface area (Å²) < 4.78 is 0. The highest BCUT2D eigenvalue weighted by Gasteiger charge is 2.14. The number of aryl methyl sites for hydroxylation is 1. The molecule has 102 valence electrons. The second-order valence-electron chi connectivity index (χ2n) is 5.22. The molecule has 1 atom stereocenters. The number of nitrogens with one attached hydrogen (secondary N) is 2. The minimum Gasteiger partial charge on any atom is -0.342 e. The van der Waals surface area contributed by atoms with Crippen LogP contribution in [0.5, 0.6) is 0 Å². The Bertz CT molecular complexity index is 534. The molecule has 1 aliphatic heterocycles. The number of aromatic nitrogens is 2. The molecule has 0 aliphatic carbocycles. The number of nitrogens with zero attached hydrogens (tertiary/aromatic N) is 1. The van der Waals surface area contributed by atoms with E-state index in [0.29, 0.717) is 10.0 Å². The summed E-state index contributed by atoms with van der Waals surface area (Å²) in [6.45, 7) is 2.30. The molecule has 3 rings (SSSR count). The van der Waals surface area contributed by atoms with Gasteiger partial charge in [0.25, 0.3) is 0 Å². The van der Waals surface area contributed by atoms with Crippen molar-refractivity contribution in [3.8, 4) is 0 Å². The fraction of sp³-hybridized carbons (Fsp3) is 0.500. The molecule has 0 spiro atoms. The van der Waals surface area contributed by atoms with Crippen LogP contribution in [0.4, 0.5) is 0 Å². The van der Waals surface area contributed by atoms with E-state index in [2.05, 4.69) is 15.3 Å². The van der Waals surface area contributed by atoms with Gasteiger partial charge in [-0.15, -0.1) is 0 Å². The van der Waals surface area contributed by atoms with E-state index in [4.69, 9.17) is 23.2 Å². The van der Waals surface area contributed by atoms with Crippen LogP contribution in [-0.2, 0) is 6.42 Å². The molecule has 1 fully saturated rings. The van der Waals surface area contributed by atoms with Gasteiger partial charge in [0.2, 0.25) is 0 Å². The smallest absolute Gasteiger partial charge is 0.107 e. The van der Waals surface area contributed by atoms with Crippen molar-refractivity contribution in [3.63, 3.8) is 0 Å². The Morgan fingerprint density at radius 3 is 2.89 bits per heavy atom. The number of halogens is 2. The highest BCUT2D eigenvalue weighted by Crippen LogP contribution is 2.27. The average molecular weight is 298 g/mol. The van der Waals surface area contributed by atoms with Crippen LogP contribution in [0.25, 0.3) is 11.0 Å². The first kappa shape index (κ1) is 13.2. The predicted octanol–water partition coefficient (Wildman–Crippen LogP) is 3.80. The van der Waals surface area contributed by atoms with E-state index in [1.165, 1.54) is 19.3 Å². The lowest BCUT2D eigenvalue weighted by Gasteiger charge is -2.22. The number of H-pyrrole nitrogens is 1. The summed E-state index contributed by atoms with van der Waals surface area (Å²) in [6.07, 6.45) is 4.77. The fourth-order valence-electron chi connectivity index (χ4n) is 2.69. The number of hydrogen-bond acceptors (Lipinski definition) is 2. The van der Waals surface area contributed by atoms with Gasteiger partial charge in [0, 0.05) is 6.42 Å². The zero-order valence-corrected chi connectivity index (χ0v) is 12.2. The van der Waals surface area contributed by atoms with Gasteiger partial charge in [0.15, 0.2) is 0 Å². The summed E-state index contributed by atoms with van der Waals surface area (Å²) in [4.78, 5) is 7.91. The van der Waals surface area contributed by atoms with E-state index in [-0.39, 0.29) is 0 Å². The maximum Gasteiger partial charge on any atom is 0.107 e. The molecule has 0 amide bonds. The molecule has 2 heterocycles. The van der Waals surface area contributed by atoms with Crippen LogP contribution in [0.15, 0.2) is 12.1 Å². The molecule has 3 nitrogen and oxygen atoms in total. The Morgan fingerprint density at radius 2 is 2.11 bits per heavy atom. The first-order valence-electron chi connectivity index (χ1n) is 6.77. The zero-order chi connectivity index (χ0) is 13.2. The molecular formula is C14H17Cl2N3. The Labute approximate surface area is 122 Å². The summed E-state index contributed by atoms with van der Waals surface area (Å²) in [6, 6.07) is 3.67. The summed E-state index contributed by atoms with van der Waals surface area (Å²) in [5, 5.41) is 4.58. The molecule has 1 saturated heterocycles. The third kappa shape index (κ3) is 3.04. The first-order chi connectivity index (χ1) is 9.22. The van der Waals surface area contributed by atoms with Crippen LogP contribution in [-0.4, -0.2) is 23.1 Å². The normalized spacial score (nSPS) is 20.0. The number of aromatic amines is 1. The van der Waals surface area contributed by atoms with E-state index >= 15 is 0 Å². The molecule has 1 aromatic heterocycles. The number of hydrogen-bond donors (Lipinski definition) is 2. The van der Waals surface area contributed by atoms with Gasteiger partial charge in [0.05, 0.1) is 21.1 Å². The van der Waals surface area contributed by atoms with E-state index < -0.39 is 0 Å². The maximum absolute atomic E-state index is 6.01. The van der Waals surface area contributed by atoms with Crippen molar-refractivity contribution in [2.45, 2.75) is 25.7 Å². The van der Waals surface area contributed by atoms with Crippen LogP contribution in [0.3, 0.4) is 0 Å². The number of fused-ring (bicyclic) bond motifs is 1. The molecule has 5 heteroatoms. The third-order valence-electron chi connectivity index (χ3n) is 3.76. The maximum atomic E-state index is 6.01. The number of benzene rings is 1. The Morgan fingerprint density at radius 1 is 1.26 bits per heavy atom. The molecular weight excluding hydrogens is 281 g/mol. The van der Waals surface area contributed by atoms with Gasteiger partial charge in [-0.3, -0.25) is 0 Å². The molecule has 1 aromatic carbocycles. The van der Waals surface area contributed by atoms with E-state index in [0.717, 1.165) is 42.3 Å². The topological polar surface area (TPSA) is 40.7 Å². The zero-order valence-electron chi connectivity index (χ0n) is 10.7. The first-order valence-corrected chi connectivity index (χ1v) is 7.52. The van der Waals surface area contributed by atoms with E-state index in [1.54, 1.807) is 0 Å². The van der Waals surface area contributed by atoms with Gasteiger partial charge in [0.1, 0.15) is 5.82 Å². The summed E-state index contributed by atoms with van der Waals surface area (Å²) >= 11 is 12.0. The van der Waals surface area contributed by atoms with Gasteiger partial charge < -0.3 is 10.3 Å². The minimum atomic E-state index is 0.559. The molecule has 1 aliphatic rings. The van der Waals surface area contributed by atoms with E-state index in [1.807, 2.05) is 12.1 Å². The number of piperidine rings is 1. The van der Waals surface area contributed by atoms with Gasteiger partial charge >= 0.3 is 0 Å². The lowest BCUT2D eigenvalue weighted by atomic mass is 9.95. The Balaban J connectivity index is 1.70. The van der Waals surface area contributed by atoms with Gasteiger partial charge in [-0.1, -0.05) is 23.2 Å². The molecule has 0 radical (unpaired) electrons. The van der Waals surface area contributed by atoms with Gasteiger partial charge in [-0.25, -0.2) is 4.98 Å². The van der Waals surface area contributed by atoms with Crippen LogP contribution in [0.1, 0.15) is 25.1 Å². The highest BCUT2D eigenvalue weighted by atomic mass is 35.5. The van der Waals surface area contributed by atoms with Crippen LogP contribution in [0, 0.1) is 5.92 Å². The molecule has 1 unspecified atom stereocenters. The number of rotatable bonds is 3. The van der Waals surface area contributed by atoms with Gasteiger partial charge in [-0.2, -0.15) is 0 Å². The summed E-state index contributed by atoms with van der Waals surface area (Å²) in [5.74, 6) is 1.80. The monoisotopic (exact) mass is 297 g/mol. The van der Waals surface area contributed by atoms with Crippen LogP contribution >= 0.6 is 23.2 Å². The largest absolute Gasteiger partial charge is 0.342 e. The van der Waals surface area contributed by atoms with Crippen molar-refractivity contribution in [2.24, 2.45) is 5.92 Å². The standard InChI is InChI=1S/C14H17Cl2N3/c15-10-6-12-13(7-11(10)16)19-14(18-12)4-3-9-2-1-5-17-8-9/h6-7,9,17H,1-5,8H2,(H,18,19). The van der Waals surface area contributed by atoms with Crippen molar-refractivity contribution >= 4 is 34.2 Å². The fourth-order valence-corrected chi connectivity index (χ4v) is 3.01. The van der Waals surface area contributed by atoms with Crippen LogP contribution in [0.2, 0.25) is 10.0 Å². The Hall–Kier alpha value is -0.770. The predicted molar refractivity (Wildman–Crippen MR) is 80.0 cm³/mol. The van der Waals surface area contributed by atoms with E-state index in [9.17, 15) is 0 Å². The Kier molecular flexibility index (Phi) is 3.96. The molecule has 19 heavy (non-hydrogen) atoms. The van der Waals surface area contributed by atoms with Crippen molar-refractivity contribution in [1.29, 1.82) is 0 Å². The second-order valence-corrected chi connectivity index (χ2v) is 6.03. The second kappa shape index (κ2) is 5.70. The molecule has 2 aromatic rings. The molecule has 2 N–H and O–H groups in total. The average Bonchev–Trinajstić information content (AvgIpc) is 2.80. The summed E-state index contributed by atoms with van der Waals surface area (Å²) in [7, 11) is 0. The summed E-state index contributed by atoms with van der Waals surface area (Å²) in [5.41, 5.74) is 1.86. The third-order valence-corrected chi connectivity index (χ3v) is 4.48. The SMILES string of the molecule is Clc1cc2nc(CCC3CCCNC3)[nH]c2cc1Cl. The lowest BCUT2D eigenvalue weighted by molar-refractivity contribution is 0.356. The molecule has 0 bridgehead atoms. The quantitative estimate of drug-likeness (QED) is 0.905.